The fraction of sp³-hybridized carbons (Fsp3) is 1.00. The van der Waals surface area contributed by atoms with Crippen LogP contribution in [0.3, 0.4) is 0 Å². The third-order valence-corrected chi connectivity index (χ3v) is 14.1. The van der Waals surface area contributed by atoms with Crippen LogP contribution in [0.25, 0.3) is 0 Å². The molecule has 3 N–H and O–H groups in total. The van der Waals surface area contributed by atoms with Crippen LogP contribution in [-0.4, -0.2) is 57.2 Å². The Balaban J connectivity index is 1.66. The van der Waals surface area contributed by atoms with Crippen LogP contribution in [0.5, 0.6) is 0 Å². The molecule has 4 fully saturated rings. The van der Waals surface area contributed by atoms with Gasteiger partial charge in [-0.2, -0.15) is 25.3 Å². The van der Waals surface area contributed by atoms with Crippen LogP contribution < -0.4 is 0 Å². The predicted octanol–water partition coefficient (Wildman–Crippen LogP) is 5.53. The summed E-state index contributed by atoms with van der Waals surface area (Å²) in [5.74, 6) is 1.12. The third kappa shape index (κ3) is 7.83. The molecular weight excluding hydrogens is 637 g/mol. The molecule has 0 amide bonds. The molecule has 15 heteroatoms. The molecule has 4 rings (SSSR count). The highest BCUT2D eigenvalue weighted by atomic mass is 32.3. The zero-order valence-corrected chi connectivity index (χ0v) is 29.3. The predicted molar refractivity (Wildman–Crippen MR) is 162 cm³/mol. The topological polar surface area (TPSA) is 191 Å². The minimum atomic E-state index is -5.06. The molecule has 0 heterocycles. The van der Waals surface area contributed by atoms with Gasteiger partial charge in [0, 0.05) is 0 Å². The third-order valence-electron chi connectivity index (χ3n) is 12.7. The van der Waals surface area contributed by atoms with Gasteiger partial charge in [0.05, 0.1) is 6.10 Å². The molecule has 12 atom stereocenters. The average molecular weight is 689 g/mol. The molecule has 5 unspecified atom stereocenters. The Hall–Kier alpha value is -0.390. The summed E-state index contributed by atoms with van der Waals surface area (Å²) in [6.45, 7) is 15.7. The molecule has 4 aliphatic rings. The first kappa shape index (κ1) is 36.4. The van der Waals surface area contributed by atoms with Gasteiger partial charge in [-0.25, -0.2) is 12.5 Å². The molecule has 0 radical (unpaired) electrons. The van der Waals surface area contributed by atoms with Gasteiger partial charge in [0.25, 0.3) is 0 Å². The Morgan fingerprint density at radius 3 is 1.77 bits per heavy atom. The van der Waals surface area contributed by atoms with Crippen molar-refractivity contribution < 1.29 is 51.5 Å². The quantitative estimate of drug-likeness (QED) is 0.244. The monoisotopic (exact) mass is 688 g/mol. The van der Waals surface area contributed by atoms with E-state index in [-0.39, 0.29) is 41.4 Å². The molecular formula is C29H52O12S3. The van der Waals surface area contributed by atoms with Crippen molar-refractivity contribution in [3.8, 4) is 0 Å². The summed E-state index contributed by atoms with van der Waals surface area (Å²) in [5.41, 5.74) is -0.578. The lowest BCUT2D eigenvalue weighted by molar-refractivity contribution is -0.184. The Bertz CT molecular complexity index is 1370. The Morgan fingerprint density at radius 2 is 1.23 bits per heavy atom. The second kappa shape index (κ2) is 12.2. The highest BCUT2D eigenvalue weighted by Gasteiger charge is 2.65. The molecule has 0 saturated heterocycles. The van der Waals surface area contributed by atoms with E-state index in [4.69, 9.17) is 12.5 Å². The van der Waals surface area contributed by atoms with Gasteiger partial charge < -0.3 is 0 Å². The molecule has 0 aliphatic heterocycles. The molecule has 12 nitrogen and oxygen atoms in total. The lowest BCUT2D eigenvalue weighted by atomic mass is 9.43. The molecule has 0 spiro atoms. The van der Waals surface area contributed by atoms with Gasteiger partial charge in [-0.15, -0.1) is 0 Å². The van der Waals surface area contributed by atoms with Crippen LogP contribution >= 0.6 is 0 Å². The van der Waals surface area contributed by atoms with Crippen LogP contribution in [0.15, 0.2) is 0 Å². The van der Waals surface area contributed by atoms with E-state index in [0.717, 1.165) is 38.5 Å². The maximum atomic E-state index is 12.1. The van der Waals surface area contributed by atoms with Crippen molar-refractivity contribution in [3.63, 3.8) is 0 Å². The van der Waals surface area contributed by atoms with E-state index >= 15 is 0 Å². The normalized spacial score (nSPS) is 41.3. The van der Waals surface area contributed by atoms with Crippen molar-refractivity contribution >= 4 is 31.2 Å². The molecule has 0 bridgehead atoms. The summed E-state index contributed by atoms with van der Waals surface area (Å²) < 4.78 is 115. The van der Waals surface area contributed by atoms with Gasteiger partial charge in [0.1, 0.15) is 12.2 Å². The smallest absolute Gasteiger partial charge is 0.264 e. The second-order valence-electron chi connectivity index (χ2n) is 15.9. The van der Waals surface area contributed by atoms with Gasteiger partial charge in [0.15, 0.2) is 0 Å². The molecule has 0 aromatic heterocycles. The van der Waals surface area contributed by atoms with Crippen molar-refractivity contribution in [2.24, 2.45) is 57.7 Å². The van der Waals surface area contributed by atoms with E-state index in [1.165, 1.54) is 0 Å². The van der Waals surface area contributed by atoms with Crippen LogP contribution in [0, 0.1) is 57.7 Å². The maximum absolute atomic E-state index is 12.1. The molecule has 0 aromatic rings. The molecule has 0 aromatic carbocycles. The van der Waals surface area contributed by atoms with Crippen LogP contribution in [0.1, 0.15) is 106 Å². The van der Waals surface area contributed by atoms with E-state index in [1.54, 1.807) is 0 Å². The number of rotatable bonds is 10. The highest BCUT2D eigenvalue weighted by Crippen LogP contribution is 2.69. The van der Waals surface area contributed by atoms with Crippen LogP contribution in [-0.2, 0) is 43.7 Å². The van der Waals surface area contributed by atoms with E-state index < -0.39 is 60.8 Å². The van der Waals surface area contributed by atoms with E-state index in [0.29, 0.717) is 24.2 Å². The summed E-state index contributed by atoms with van der Waals surface area (Å²) in [5, 5.41) is 0. The summed E-state index contributed by atoms with van der Waals surface area (Å²) in [4.78, 5) is 0. The van der Waals surface area contributed by atoms with Crippen molar-refractivity contribution in [1.29, 1.82) is 0 Å². The zero-order valence-electron chi connectivity index (χ0n) is 26.9. The summed E-state index contributed by atoms with van der Waals surface area (Å²) in [6, 6.07) is 0. The van der Waals surface area contributed by atoms with E-state index in [1.807, 2.05) is 6.92 Å². The summed E-state index contributed by atoms with van der Waals surface area (Å²) in [7, 11) is -15.0. The SMILES string of the molecule is CC(CC[C@H](C)[C@@H]1CCC2C3C[C@@H](OS(=O)(=O)O)[C@@H]4C[C@@H](OS(=O)(=O)O)C(OS(=O)(=O)O)C[C@@]4(C)C3CC[C@]21C)C(C)(C)C. The first-order chi connectivity index (χ1) is 19.8. The van der Waals surface area contributed by atoms with Gasteiger partial charge >= 0.3 is 31.2 Å². The lowest BCUT2D eigenvalue weighted by Crippen LogP contribution is -2.62. The zero-order chi connectivity index (χ0) is 33.3. The maximum Gasteiger partial charge on any atom is 0.397 e. The van der Waals surface area contributed by atoms with Gasteiger partial charge in [0.2, 0.25) is 0 Å². The molecule has 44 heavy (non-hydrogen) atoms. The largest absolute Gasteiger partial charge is 0.397 e. The first-order valence-electron chi connectivity index (χ1n) is 15.8. The van der Waals surface area contributed by atoms with E-state index in [9.17, 15) is 38.9 Å². The van der Waals surface area contributed by atoms with Crippen molar-refractivity contribution in [2.45, 2.75) is 125 Å². The fourth-order valence-corrected chi connectivity index (χ4v) is 11.7. The Kier molecular flexibility index (Phi) is 10.1. The molecule has 258 valence electrons. The van der Waals surface area contributed by atoms with Gasteiger partial charge in [-0.1, -0.05) is 54.9 Å². The average Bonchev–Trinajstić information content (AvgIpc) is 3.17. The van der Waals surface area contributed by atoms with Crippen LogP contribution in [0.2, 0.25) is 0 Å². The minimum absolute atomic E-state index is 0.00197. The fourth-order valence-electron chi connectivity index (χ4n) is 10.2. The Labute approximate surface area is 264 Å². The standard InChI is InChI=1S/C29H52O12S3/c1-17(8-9-18(2)27(3,4)5)20-10-11-21-19-14-24(39-42(30,31)32)23-15-25(40-43(33,34)35)26(41-44(36,37)38)16-29(23,7)22(19)12-13-28(20,21)6/h17-26H,8-16H2,1-7H3,(H,30,31,32)(H,33,34,35)(H,36,37,38)/t17-,18?,19?,20-,21?,22?,23-,24+,25+,26?,28-,29-/m0/s1. The van der Waals surface area contributed by atoms with Crippen molar-refractivity contribution in [1.82, 2.24) is 0 Å². The summed E-state index contributed by atoms with van der Waals surface area (Å²) >= 11 is 0. The first-order valence-corrected chi connectivity index (χ1v) is 19.9. The van der Waals surface area contributed by atoms with E-state index in [2.05, 4.69) is 41.5 Å². The lowest BCUT2D eigenvalue weighted by Gasteiger charge is -2.63. The van der Waals surface area contributed by atoms with Crippen molar-refractivity contribution in [3.05, 3.63) is 0 Å². The van der Waals surface area contributed by atoms with Gasteiger partial charge in [-0.05, 0) is 109 Å². The molecule has 4 aliphatic carbocycles. The van der Waals surface area contributed by atoms with Crippen molar-refractivity contribution in [2.75, 3.05) is 0 Å². The summed E-state index contributed by atoms with van der Waals surface area (Å²) in [6.07, 6.45) is 1.92. The number of fused-ring (bicyclic) bond motifs is 5. The molecule has 4 saturated carbocycles. The number of hydrogen-bond donors (Lipinski definition) is 3. The van der Waals surface area contributed by atoms with Gasteiger partial charge in [-0.3, -0.25) is 13.7 Å². The second-order valence-corrected chi connectivity index (χ2v) is 19.0. The highest BCUT2D eigenvalue weighted by molar-refractivity contribution is 7.81. The van der Waals surface area contributed by atoms with Crippen LogP contribution in [0.4, 0.5) is 0 Å². The number of hydrogen-bond acceptors (Lipinski definition) is 9. The Morgan fingerprint density at radius 1 is 0.705 bits per heavy atom. The minimum Gasteiger partial charge on any atom is -0.264 e.